The summed E-state index contributed by atoms with van der Waals surface area (Å²) in [5, 5.41) is 13.9. The second kappa shape index (κ2) is 6.49. The molecule has 1 saturated heterocycles. The molecule has 1 aliphatic heterocycles. The van der Waals surface area contributed by atoms with Crippen molar-refractivity contribution in [3.05, 3.63) is 16.9 Å². The minimum absolute atomic E-state index is 0.225. The molecule has 6 heteroatoms. The van der Waals surface area contributed by atoms with Crippen LogP contribution >= 0.6 is 15.9 Å². The van der Waals surface area contributed by atoms with Gasteiger partial charge in [-0.2, -0.15) is 5.10 Å². The summed E-state index contributed by atoms with van der Waals surface area (Å²) in [6.07, 6.45) is 5.07. The number of hydrogen-bond donors (Lipinski definition) is 1. The molecule has 96 valence electrons. The van der Waals surface area contributed by atoms with Gasteiger partial charge in [-0.3, -0.25) is 4.68 Å². The maximum absolute atomic E-state index is 9.81. The van der Waals surface area contributed by atoms with Gasteiger partial charge in [0.1, 0.15) is 0 Å². The summed E-state index contributed by atoms with van der Waals surface area (Å²) >= 11 is 3.31. The fourth-order valence-corrected chi connectivity index (χ4v) is 2.12. The lowest BCUT2D eigenvalue weighted by Crippen LogP contribution is -2.29. The second-order valence-electron chi connectivity index (χ2n) is 4.18. The molecule has 0 aliphatic carbocycles. The molecule has 2 rings (SSSR count). The van der Waals surface area contributed by atoms with Crippen LogP contribution < -0.4 is 0 Å². The quantitative estimate of drug-likeness (QED) is 0.888. The predicted molar refractivity (Wildman–Crippen MR) is 65.7 cm³/mol. The third kappa shape index (κ3) is 4.39. The maximum atomic E-state index is 9.81. The van der Waals surface area contributed by atoms with Crippen LogP contribution in [0.4, 0.5) is 0 Å². The van der Waals surface area contributed by atoms with Crippen molar-refractivity contribution in [3.8, 4) is 0 Å². The fourth-order valence-electron chi connectivity index (χ4n) is 1.80. The summed E-state index contributed by atoms with van der Waals surface area (Å²) in [4.78, 5) is 0. The van der Waals surface area contributed by atoms with Gasteiger partial charge in [0.2, 0.25) is 0 Å². The van der Waals surface area contributed by atoms with Crippen LogP contribution in [0.5, 0.6) is 0 Å². The number of nitrogens with zero attached hydrogens (tertiary/aromatic N) is 2. The van der Waals surface area contributed by atoms with Gasteiger partial charge in [0, 0.05) is 19.4 Å². The van der Waals surface area contributed by atoms with Crippen LogP contribution in [-0.4, -0.2) is 46.9 Å². The molecule has 1 unspecified atom stereocenters. The number of ether oxygens (including phenoxy) is 2. The Bertz CT molecular complexity index is 339. The van der Waals surface area contributed by atoms with E-state index in [1.807, 2.05) is 6.20 Å². The summed E-state index contributed by atoms with van der Waals surface area (Å²) in [5.41, 5.74) is 0. The van der Waals surface area contributed by atoms with Crippen LogP contribution in [0.2, 0.25) is 0 Å². The lowest BCUT2D eigenvalue weighted by atomic mass is 10.1. The largest absolute Gasteiger partial charge is 0.389 e. The average molecular weight is 305 g/mol. The first-order valence-electron chi connectivity index (χ1n) is 5.79. The molecular formula is C11H17BrN2O3. The molecule has 0 saturated carbocycles. The van der Waals surface area contributed by atoms with Crippen molar-refractivity contribution in [1.82, 2.24) is 9.78 Å². The Morgan fingerprint density at radius 3 is 3.00 bits per heavy atom. The number of aromatic nitrogens is 2. The SMILES string of the molecule is OC(COC1CCOCC1)Cn1cc(Br)cn1. The first-order valence-corrected chi connectivity index (χ1v) is 6.58. The number of aliphatic hydroxyl groups excluding tert-OH is 1. The Morgan fingerprint density at radius 1 is 1.59 bits per heavy atom. The molecule has 2 heterocycles. The maximum Gasteiger partial charge on any atom is 0.0969 e. The summed E-state index contributed by atoms with van der Waals surface area (Å²) in [6, 6.07) is 0. The van der Waals surface area contributed by atoms with Crippen molar-refractivity contribution in [2.45, 2.75) is 31.6 Å². The van der Waals surface area contributed by atoms with Gasteiger partial charge in [-0.25, -0.2) is 0 Å². The molecule has 0 bridgehead atoms. The molecule has 0 spiro atoms. The van der Waals surface area contributed by atoms with E-state index >= 15 is 0 Å². The Balaban J connectivity index is 1.68. The van der Waals surface area contributed by atoms with Gasteiger partial charge < -0.3 is 14.6 Å². The molecule has 1 aromatic rings. The van der Waals surface area contributed by atoms with Gasteiger partial charge in [-0.1, -0.05) is 0 Å². The van der Waals surface area contributed by atoms with E-state index in [9.17, 15) is 5.11 Å². The third-order valence-electron chi connectivity index (χ3n) is 2.69. The van der Waals surface area contributed by atoms with Gasteiger partial charge >= 0.3 is 0 Å². The first kappa shape index (κ1) is 13.0. The van der Waals surface area contributed by atoms with Gasteiger partial charge in [0.05, 0.1) is 36.0 Å². The molecule has 1 N–H and O–H groups in total. The molecule has 17 heavy (non-hydrogen) atoms. The van der Waals surface area contributed by atoms with Crippen molar-refractivity contribution >= 4 is 15.9 Å². The van der Waals surface area contributed by atoms with E-state index in [0.29, 0.717) is 13.2 Å². The summed E-state index contributed by atoms with van der Waals surface area (Å²) in [5.74, 6) is 0. The highest BCUT2D eigenvalue weighted by Crippen LogP contribution is 2.11. The van der Waals surface area contributed by atoms with Crippen LogP contribution in [0.15, 0.2) is 16.9 Å². The lowest BCUT2D eigenvalue weighted by molar-refractivity contribution is -0.0622. The van der Waals surface area contributed by atoms with Crippen molar-refractivity contribution in [1.29, 1.82) is 0 Å². The molecule has 0 radical (unpaired) electrons. The van der Waals surface area contributed by atoms with E-state index in [4.69, 9.17) is 9.47 Å². The Labute approximate surface area is 109 Å². The first-order chi connectivity index (χ1) is 8.24. The fraction of sp³-hybridized carbons (Fsp3) is 0.727. The smallest absolute Gasteiger partial charge is 0.0969 e. The minimum Gasteiger partial charge on any atom is -0.389 e. The van der Waals surface area contributed by atoms with Crippen molar-refractivity contribution in [2.24, 2.45) is 0 Å². The van der Waals surface area contributed by atoms with E-state index in [-0.39, 0.29) is 6.10 Å². The van der Waals surface area contributed by atoms with Crippen LogP contribution in [0.25, 0.3) is 0 Å². The van der Waals surface area contributed by atoms with Gasteiger partial charge in [-0.05, 0) is 28.8 Å². The number of halogens is 1. The van der Waals surface area contributed by atoms with Crippen LogP contribution in [0.1, 0.15) is 12.8 Å². The molecule has 1 fully saturated rings. The molecule has 1 aromatic heterocycles. The van der Waals surface area contributed by atoms with E-state index in [1.54, 1.807) is 10.9 Å². The molecule has 0 aromatic carbocycles. The van der Waals surface area contributed by atoms with Gasteiger partial charge in [-0.15, -0.1) is 0 Å². The van der Waals surface area contributed by atoms with E-state index < -0.39 is 6.10 Å². The average Bonchev–Trinajstić information content (AvgIpc) is 2.73. The van der Waals surface area contributed by atoms with Crippen molar-refractivity contribution in [3.63, 3.8) is 0 Å². The zero-order valence-electron chi connectivity index (χ0n) is 9.59. The van der Waals surface area contributed by atoms with Gasteiger partial charge in [0.25, 0.3) is 0 Å². The van der Waals surface area contributed by atoms with Crippen LogP contribution in [0.3, 0.4) is 0 Å². The molecule has 5 nitrogen and oxygen atoms in total. The highest BCUT2D eigenvalue weighted by molar-refractivity contribution is 9.10. The predicted octanol–water partition coefficient (Wildman–Crippen LogP) is 1.20. The second-order valence-corrected chi connectivity index (χ2v) is 5.10. The highest BCUT2D eigenvalue weighted by atomic mass is 79.9. The zero-order chi connectivity index (χ0) is 12.1. The molecular weight excluding hydrogens is 288 g/mol. The monoisotopic (exact) mass is 304 g/mol. The normalized spacial score (nSPS) is 19.4. The van der Waals surface area contributed by atoms with Crippen LogP contribution in [-0.2, 0) is 16.0 Å². The Morgan fingerprint density at radius 2 is 2.35 bits per heavy atom. The topological polar surface area (TPSA) is 56.5 Å². The molecule has 0 amide bonds. The third-order valence-corrected chi connectivity index (χ3v) is 3.10. The Hall–Kier alpha value is -0.430. The van der Waals surface area contributed by atoms with Crippen LogP contribution in [0, 0.1) is 0 Å². The summed E-state index contributed by atoms with van der Waals surface area (Å²) < 4.78 is 13.5. The zero-order valence-corrected chi connectivity index (χ0v) is 11.2. The lowest BCUT2D eigenvalue weighted by Gasteiger charge is -2.23. The number of aliphatic hydroxyl groups is 1. The van der Waals surface area contributed by atoms with Gasteiger partial charge in [0.15, 0.2) is 0 Å². The van der Waals surface area contributed by atoms with E-state index in [1.165, 1.54) is 0 Å². The standard InChI is InChI=1S/C11H17BrN2O3/c12-9-5-13-14(6-9)7-10(15)8-17-11-1-3-16-4-2-11/h5-6,10-11,15H,1-4,7-8H2. The minimum atomic E-state index is -0.523. The van der Waals surface area contributed by atoms with E-state index in [2.05, 4.69) is 21.0 Å². The van der Waals surface area contributed by atoms with Crippen molar-refractivity contribution in [2.75, 3.05) is 19.8 Å². The van der Waals surface area contributed by atoms with E-state index in [0.717, 1.165) is 30.5 Å². The Kier molecular flexibility index (Phi) is 4.97. The number of rotatable bonds is 5. The summed E-state index contributed by atoms with van der Waals surface area (Å²) in [7, 11) is 0. The summed E-state index contributed by atoms with van der Waals surface area (Å²) in [6.45, 7) is 2.32. The molecule has 1 atom stereocenters. The molecule has 1 aliphatic rings. The number of hydrogen-bond acceptors (Lipinski definition) is 4. The van der Waals surface area contributed by atoms with Crippen molar-refractivity contribution < 1.29 is 14.6 Å². The highest BCUT2D eigenvalue weighted by Gasteiger charge is 2.16.